The van der Waals surface area contributed by atoms with Crippen molar-refractivity contribution in [1.29, 1.82) is 0 Å². The molecule has 202 valence electrons. The van der Waals surface area contributed by atoms with Gasteiger partial charge in [-0.05, 0) is 66.1 Å². The van der Waals surface area contributed by atoms with Gasteiger partial charge in [-0.3, -0.25) is 4.79 Å². The minimum Gasteiger partial charge on any atom is -0.406 e. The first-order valence-electron chi connectivity index (χ1n) is 12.0. The number of amides is 1. The summed E-state index contributed by atoms with van der Waals surface area (Å²) in [7, 11) is 0. The van der Waals surface area contributed by atoms with Gasteiger partial charge >= 0.3 is 12.7 Å². The van der Waals surface area contributed by atoms with Gasteiger partial charge < -0.3 is 14.8 Å². The Morgan fingerprint density at radius 3 is 1.76 bits per heavy atom. The number of carbonyl (C=O) groups excluding carboxylic acids is 1. The Labute approximate surface area is 215 Å². The standard InChI is InChI=1S/C28H25F6NO3/c29-27(30,31)37-23-10-4-8-21(15-23)26(17-20-6-2-1-3-7-20,18-35-25(36)14-19-12-13-19)22-9-5-11-24(16-22)38-28(32,33)34/h1-11,15-16,19H,12-14,17-18H2,(H,35,36). The summed E-state index contributed by atoms with van der Waals surface area (Å²) in [6, 6.07) is 19.5. The average molecular weight is 538 g/mol. The van der Waals surface area contributed by atoms with Gasteiger partial charge in [-0.25, -0.2) is 0 Å². The molecular weight excluding hydrogens is 512 g/mol. The molecule has 1 aliphatic carbocycles. The van der Waals surface area contributed by atoms with Crippen LogP contribution in [0.1, 0.15) is 36.0 Å². The quantitative estimate of drug-likeness (QED) is 0.286. The summed E-state index contributed by atoms with van der Waals surface area (Å²) in [6.45, 7) is -0.0849. The molecule has 10 heteroatoms. The van der Waals surface area contributed by atoms with Gasteiger partial charge in [0.25, 0.3) is 0 Å². The Morgan fingerprint density at radius 2 is 1.29 bits per heavy atom. The molecule has 0 spiro atoms. The van der Waals surface area contributed by atoms with Crippen LogP contribution in [0.5, 0.6) is 11.5 Å². The molecule has 4 rings (SSSR count). The van der Waals surface area contributed by atoms with E-state index in [9.17, 15) is 31.1 Å². The molecule has 1 fully saturated rings. The molecule has 0 aliphatic heterocycles. The highest BCUT2D eigenvalue weighted by molar-refractivity contribution is 5.76. The summed E-state index contributed by atoms with van der Waals surface area (Å²) in [5.41, 5.74) is 0.127. The fourth-order valence-corrected chi connectivity index (χ4v) is 4.47. The first kappa shape index (κ1) is 27.3. The number of halogens is 6. The Balaban J connectivity index is 1.84. The third-order valence-corrected chi connectivity index (χ3v) is 6.35. The van der Waals surface area contributed by atoms with Crippen molar-refractivity contribution in [2.75, 3.05) is 6.54 Å². The predicted molar refractivity (Wildman–Crippen MR) is 128 cm³/mol. The van der Waals surface area contributed by atoms with Gasteiger partial charge in [-0.2, -0.15) is 0 Å². The molecule has 1 saturated carbocycles. The molecule has 3 aromatic carbocycles. The van der Waals surface area contributed by atoms with Crippen molar-refractivity contribution in [2.45, 2.75) is 43.8 Å². The molecule has 0 atom stereocenters. The molecule has 0 unspecified atom stereocenters. The Hall–Kier alpha value is -3.69. The van der Waals surface area contributed by atoms with Crippen molar-refractivity contribution in [3.8, 4) is 11.5 Å². The van der Waals surface area contributed by atoms with Crippen LogP contribution >= 0.6 is 0 Å². The topological polar surface area (TPSA) is 47.6 Å². The molecule has 1 amide bonds. The lowest BCUT2D eigenvalue weighted by molar-refractivity contribution is -0.275. The van der Waals surface area contributed by atoms with Crippen LogP contribution in [0.25, 0.3) is 0 Å². The zero-order valence-electron chi connectivity index (χ0n) is 20.1. The number of benzene rings is 3. The van der Waals surface area contributed by atoms with Crippen LogP contribution in [0.4, 0.5) is 26.3 Å². The zero-order valence-corrected chi connectivity index (χ0v) is 20.1. The highest BCUT2D eigenvalue weighted by atomic mass is 19.4. The Kier molecular flexibility index (Phi) is 7.89. The molecule has 3 aromatic rings. The monoisotopic (exact) mass is 537 g/mol. The van der Waals surface area contributed by atoms with Crippen LogP contribution in [-0.2, 0) is 16.6 Å². The number of alkyl halides is 6. The summed E-state index contributed by atoms with van der Waals surface area (Å²) >= 11 is 0. The van der Waals surface area contributed by atoms with Gasteiger partial charge in [0.1, 0.15) is 11.5 Å². The van der Waals surface area contributed by atoms with Crippen molar-refractivity contribution in [3.63, 3.8) is 0 Å². The summed E-state index contributed by atoms with van der Waals surface area (Å²) in [5, 5.41) is 2.88. The SMILES string of the molecule is O=C(CC1CC1)NCC(Cc1ccccc1)(c1cccc(OC(F)(F)F)c1)c1cccc(OC(F)(F)F)c1. The molecule has 0 heterocycles. The summed E-state index contributed by atoms with van der Waals surface area (Å²) in [5.74, 6) is -0.931. The van der Waals surface area contributed by atoms with Crippen LogP contribution in [-0.4, -0.2) is 25.2 Å². The lowest BCUT2D eigenvalue weighted by Crippen LogP contribution is -2.43. The van der Waals surface area contributed by atoms with Crippen LogP contribution in [0, 0.1) is 5.92 Å². The highest BCUT2D eigenvalue weighted by Gasteiger charge is 2.39. The van der Waals surface area contributed by atoms with E-state index in [1.165, 1.54) is 24.3 Å². The van der Waals surface area contributed by atoms with Crippen molar-refractivity contribution < 1.29 is 40.6 Å². The number of ether oxygens (including phenoxy) is 2. The maximum atomic E-state index is 13.0. The van der Waals surface area contributed by atoms with E-state index >= 15 is 0 Å². The second-order valence-electron chi connectivity index (χ2n) is 9.32. The van der Waals surface area contributed by atoms with Gasteiger partial charge in [0.2, 0.25) is 5.91 Å². The number of hydrogen-bond acceptors (Lipinski definition) is 3. The van der Waals surface area contributed by atoms with Gasteiger partial charge in [0.05, 0.1) is 0 Å². The van der Waals surface area contributed by atoms with Crippen LogP contribution in [0.3, 0.4) is 0 Å². The minimum atomic E-state index is -4.94. The average Bonchev–Trinajstić information content (AvgIpc) is 3.64. The van der Waals surface area contributed by atoms with Crippen molar-refractivity contribution >= 4 is 5.91 Å². The first-order chi connectivity index (χ1) is 17.9. The molecule has 1 N–H and O–H groups in total. The van der Waals surface area contributed by atoms with Gasteiger partial charge in [-0.15, -0.1) is 26.3 Å². The lowest BCUT2D eigenvalue weighted by Gasteiger charge is -2.36. The van der Waals surface area contributed by atoms with Crippen molar-refractivity contribution in [3.05, 3.63) is 95.6 Å². The fourth-order valence-electron chi connectivity index (χ4n) is 4.47. The molecular formula is C28H25F6NO3. The van der Waals surface area contributed by atoms with E-state index in [2.05, 4.69) is 14.8 Å². The van der Waals surface area contributed by atoms with E-state index in [0.29, 0.717) is 17.5 Å². The van der Waals surface area contributed by atoms with E-state index in [0.717, 1.165) is 30.5 Å². The fraction of sp³-hybridized carbons (Fsp3) is 0.321. The highest BCUT2D eigenvalue weighted by Crippen LogP contribution is 2.40. The van der Waals surface area contributed by atoms with E-state index in [1.54, 1.807) is 42.5 Å². The minimum absolute atomic E-state index is 0.0849. The van der Waals surface area contributed by atoms with Crippen LogP contribution < -0.4 is 14.8 Å². The maximum absolute atomic E-state index is 13.0. The molecule has 0 aromatic heterocycles. The first-order valence-corrected chi connectivity index (χ1v) is 12.0. The zero-order chi connectivity index (χ0) is 27.4. The second kappa shape index (κ2) is 11.0. The molecule has 4 nitrogen and oxygen atoms in total. The largest absolute Gasteiger partial charge is 0.573 e. The van der Waals surface area contributed by atoms with Gasteiger partial charge in [0, 0.05) is 18.4 Å². The smallest absolute Gasteiger partial charge is 0.406 e. The Morgan fingerprint density at radius 1 is 0.763 bits per heavy atom. The van der Waals surface area contributed by atoms with Crippen molar-refractivity contribution in [1.82, 2.24) is 5.32 Å². The van der Waals surface area contributed by atoms with Crippen LogP contribution in [0.2, 0.25) is 0 Å². The Bertz CT molecular complexity index is 1180. The van der Waals surface area contributed by atoms with E-state index in [-0.39, 0.29) is 24.8 Å². The normalized spacial score (nSPS) is 14.2. The van der Waals surface area contributed by atoms with Crippen LogP contribution in [0.15, 0.2) is 78.9 Å². The summed E-state index contributed by atoms with van der Waals surface area (Å²) in [6.07, 6.45) is -7.55. The van der Waals surface area contributed by atoms with E-state index in [4.69, 9.17) is 0 Å². The predicted octanol–water partition coefficient (Wildman–Crippen LogP) is 6.93. The molecule has 1 aliphatic rings. The van der Waals surface area contributed by atoms with Gasteiger partial charge in [0.15, 0.2) is 0 Å². The molecule has 0 radical (unpaired) electrons. The summed E-state index contributed by atoms with van der Waals surface area (Å²) in [4.78, 5) is 12.7. The van der Waals surface area contributed by atoms with Gasteiger partial charge in [-0.1, -0.05) is 54.6 Å². The third kappa shape index (κ3) is 7.66. The van der Waals surface area contributed by atoms with E-state index in [1.807, 2.05) is 0 Å². The summed E-state index contributed by atoms with van der Waals surface area (Å²) < 4.78 is 86.5. The molecule has 38 heavy (non-hydrogen) atoms. The molecule has 0 bridgehead atoms. The maximum Gasteiger partial charge on any atom is 0.573 e. The second-order valence-corrected chi connectivity index (χ2v) is 9.32. The van der Waals surface area contributed by atoms with Crippen molar-refractivity contribution in [2.24, 2.45) is 5.92 Å². The number of nitrogens with one attached hydrogen (secondary N) is 1. The molecule has 0 saturated heterocycles. The number of hydrogen-bond donors (Lipinski definition) is 1. The number of rotatable bonds is 10. The number of carbonyl (C=O) groups is 1. The third-order valence-electron chi connectivity index (χ3n) is 6.35. The van der Waals surface area contributed by atoms with E-state index < -0.39 is 29.6 Å². The lowest BCUT2D eigenvalue weighted by atomic mass is 9.70.